The summed E-state index contributed by atoms with van der Waals surface area (Å²) in [5, 5.41) is 3.23. The van der Waals surface area contributed by atoms with E-state index in [2.05, 4.69) is 0 Å². The minimum Gasteiger partial charge on any atom is -0.476 e. The summed E-state index contributed by atoms with van der Waals surface area (Å²) < 4.78 is 41.7. The molecular formula is C7H10F2O4S. The van der Waals surface area contributed by atoms with Crippen molar-refractivity contribution in [1.82, 2.24) is 0 Å². The second-order valence-corrected chi connectivity index (χ2v) is 4.71. The number of rotatable bonds is 3. The molecule has 82 valence electrons. The largest absolute Gasteiger partial charge is 0.476 e. The van der Waals surface area contributed by atoms with Crippen LogP contribution in [0.2, 0.25) is 0 Å². The van der Waals surface area contributed by atoms with Gasteiger partial charge in [-0.2, -0.15) is 8.78 Å². The van der Waals surface area contributed by atoms with Gasteiger partial charge in [0.2, 0.25) is 0 Å². The van der Waals surface area contributed by atoms with E-state index in [0.717, 1.165) is 0 Å². The molecule has 0 spiro atoms. The summed E-state index contributed by atoms with van der Waals surface area (Å²) >= 11 is 0. The second kappa shape index (κ2) is 4.31. The van der Waals surface area contributed by atoms with Crippen molar-refractivity contribution < 1.29 is 27.6 Å². The average molecular weight is 228 g/mol. The molecule has 1 heterocycles. The topological polar surface area (TPSA) is 63.6 Å². The van der Waals surface area contributed by atoms with Crippen LogP contribution in [0.4, 0.5) is 8.78 Å². The summed E-state index contributed by atoms with van der Waals surface area (Å²) in [6, 6.07) is 0. The van der Waals surface area contributed by atoms with Gasteiger partial charge in [-0.25, -0.2) is 4.79 Å². The number of aliphatic carboxylic acids is 1. The summed E-state index contributed by atoms with van der Waals surface area (Å²) in [5.74, 6) is -2.33. The van der Waals surface area contributed by atoms with Crippen molar-refractivity contribution in [2.24, 2.45) is 0 Å². The van der Waals surface area contributed by atoms with Crippen LogP contribution in [-0.2, 0) is 20.3 Å². The first-order chi connectivity index (χ1) is 6.46. The van der Waals surface area contributed by atoms with Crippen LogP contribution in [0, 0.1) is 0 Å². The molecular weight excluding hydrogens is 218 g/mol. The van der Waals surface area contributed by atoms with Crippen LogP contribution in [0.25, 0.3) is 0 Å². The van der Waals surface area contributed by atoms with E-state index in [1.54, 1.807) is 0 Å². The van der Waals surface area contributed by atoms with Gasteiger partial charge in [0.15, 0.2) is 0 Å². The molecule has 1 saturated heterocycles. The Morgan fingerprint density at radius 1 is 1.43 bits per heavy atom. The lowest BCUT2D eigenvalue weighted by atomic mass is 10.2. The zero-order chi connectivity index (χ0) is 10.8. The van der Waals surface area contributed by atoms with Crippen molar-refractivity contribution >= 4 is 16.8 Å². The number of halogens is 2. The molecule has 14 heavy (non-hydrogen) atoms. The van der Waals surface area contributed by atoms with E-state index in [-0.39, 0.29) is 26.1 Å². The van der Waals surface area contributed by atoms with Crippen LogP contribution in [0.1, 0.15) is 12.8 Å². The molecule has 0 aromatic carbocycles. The highest BCUT2D eigenvalue weighted by molar-refractivity contribution is 7.87. The Hall–Kier alpha value is -0.560. The van der Waals surface area contributed by atoms with Gasteiger partial charge in [-0.15, -0.1) is 0 Å². The fraction of sp³-hybridized carbons (Fsp3) is 0.857. The van der Waals surface area contributed by atoms with Gasteiger partial charge < -0.3 is 9.84 Å². The molecule has 1 unspecified atom stereocenters. The molecule has 0 aromatic heterocycles. The van der Waals surface area contributed by atoms with Crippen LogP contribution in [0.3, 0.4) is 0 Å². The normalized spacial score (nSPS) is 21.9. The highest BCUT2D eigenvalue weighted by Gasteiger charge is 2.49. The van der Waals surface area contributed by atoms with Crippen LogP contribution in [0.15, 0.2) is 0 Å². The van der Waals surface area contributed by atoms with Crippen molar-refractivity contribution in [1.29, 1.82) is 0 Å². The third kappa shape index (κ3) is 2.27. The molecule has 1 N–H and O–H groups in total. The van der Waals surface area contributed by atoms with Crippen LogP contribution in [0.5, 0.6) is 0 Å². The van der Waals surface area contributed by atoms with E-state index < -0.39 is 27.3 Å². The molecule has 0 bridgehead atoms. The molecule has 1 rings (SSSR count). The molecule has 0 aliphatic carbocycles. The van der Waals surface area contributed by atoms with Crippen molar-refractivity contribution in [3.05, 3.63) is 0 Å². The van der Waals surface area contributed by atoms with Gasteiger partial charge in [-0.05, 0) is 12.8 Å². The van der Waals surface area contributed by atoms with E-state index in [1.807, 2.05) is 0 Å². The van der Waals surface area contributed by atoms with Gasteiger partial charge in [0.1, 0.15) is 10.8 Å². The third-order valence-corrected chi connectivity index (χ3v) is 3.73. The monoisotopic (exact) mass is 228 g/mol. The Bertz CT molecular complexity index is 250. The van der Waals surface area contributed by atoms with Crippen molar-refractivity contribution in [3.63, 3.8) is 0 Å². The number of carboxylic acids is 1. The van der Waals surface area contributed by atoms with Crippen molar-refractivity contribution in [3.8, 4) is 0 Å². The van der Waals surface area contributed by atoms with Crippen molar-refractivity contribution in [2.75, 3.05) is 13.2 Å². The highest BCUT2D eigenvalue weighted by atomic mass is 32.2. The Morgan fingerprint density at radius 2 is 1.93 bits per heavy atom. The van der Waals surface area contributed by atoms with Gasteiger partial charge in [0.05, 0.1) is 0 Å². The zero-order valence-electron chi connectivity index (χ0n) is 7.24. The molecule has 7 heteroatoms. The fourth-order valence-corrected chi connectivity index (χ4v) is 2.40. The average Bonchev–Trinajstić information content (AvgIpc) is 2.17. The Morgan fingerprint density at radius 3 is 2.36 bits per heavy atom. The fourth-order valence-electron chi connectivity index (χ4n) is 1.19. The number of carboxylic acid groups (broad SMARTS) is 1. The second-order valence-electron chi connectivity index (χ2n) is 2.93. The molecule has 1 fully saturated rings. The molecule has 0 aromatic rings. The lowest BCUT2D eigenvalue weighted by molar-refractivity contribution is -0.153. The molecule has 0 saturated carbocycles. The zero-order valence-corrected chi connectivity index (χ0v) is 8.06. The Labute approximate surface area is 81.7 Å². The molecule has 1 aliphatic heterocycles. The van der Waals surface area contributed by atoms with E-state index >= 15 is 0 Å². The Kier molecular flexibility index (Phi) is 3.54. The predicted octanol–water partition coefficient (Wildman–Crippen LogP) is 0.591. The van der Waals surface area contributed by atoms with E-state index in [4.69, 9.17) is 9.84 Å². The minimum atomic E-state index is -4.15. The molecule has 1 atom stereocenters. The first-order valence-electron chi connectivity index (χ1n) is 4.06. The number of hydrogen-bond donors (Lipinski definition) is 1. The molecule has 0 amide bonds. The lowest BCUT2D eigenvalue weighted by Gasteiger charge is -2.23. The van der Waals surface area contributed by atoms with E-state index in [0.29, 0.717) is 0 Å². The summed E-state index contributed by atoms with van der Waals surface area (Å²) in [6.07, 6.45) is 0.435. The summed E-state index contributed by atoms with van der Waals surface area (Å²) in [6.45, 7) is 0.512. The summed E-state index contributed by atoms with van der Waals surface area (Å²) in [7, 11) is -2.66. The van der Waals surface area contributed by atoms with E-state index in [1.165, 1.54) is 0 Å². The predicted molar refractivity (Wildman–Crippen MR) is 44.6 cm³/mol. The summed E-state index contributed by atoms with van der Waals surface area (Å²) in [5.41, 5.74) is 0. The smallest absolute Gasteiger partial charge is 0.415 e. The molecule has 4 nitrogen and oxygen atoms in total. The Balaban J connectivity index is 2.67. The van der Waals surface area contributed by atoms with Gasteiger partial charge in [-0.3, -0.25) is 4.21 Å². The van der Waals surface area contributed by atoms with Crippen LogP contribution < -0.4 is 0 Å². The van der Waals surface area contributed by atoms with Gasteiger partial charge in [0, 0.05) is 18.5 Å². The summed E-state index contributed by atoms with van der Waals surface area (Å²) in [4.78, 5) is 10.1. The van der Waals surface area contributed by atoms with Crippen LogP contribution >= 0.6 is 0 Å². The number of alkyl halides is 2. The number of ether oxygens (including phenoxy) is 1. The van der Waals surface area contributed by atoms with Crippen LogP contribution in [-0.4, -0.2) is 39.0 Å². The minimum absolute atomic E-state index is 0.218. The number of hydrogen-bond acceptors (Lipinski definition) is 3. The third-order valence-electron chi connectivity index (χ3n) is 1.97. The van der Waals surface area contributed by atoms with Gasteiger partial charge in [0.25, 0.3) is 0 Å². The SMILES string of the molecule is O=C(O)C(F)(F)S(=O)C1CCOCC1. The highest BCUT2D eigenvalue weighted by Crippen LogP contribution is 2.26. The van der Waals surface area contributed by atoms with Gasteiger partial charge in [-0.1, -0.05) is 0 Å². The lowest BCUT2D eigenvalue weighted by Crippen LogP contribution is -2.41. The maximum Gasteiger partial charge on any atom is 0.415 e. The standard InChI is InChI=1S/C7H10F2O4S/c8-7(9,6(10)11)14(12)5-1-3-13-4-2-5/h5H,1-4H2,(H,10,11). The molecule has 1 aliphatic rings. The first-order valence-corrected chi connectivity index (χ1v) is 5.27. The van der Waals surface area contributed by atoms with Crippen molar-refractivity contribution in [2.45, 2.75) is 23.3 Å². The maximum absolute atomic E-state index is 12.8. The maximum atomic E-state index is 12.8. The molecule has 0 radical (unpaired) electrons. The van der Waals surface area contributed by atoms with Gasteiger partial charge >= 0.3 is 11.2 Å². The quantitative estimate of drug-likeness (QED) is 0.768. The first kappa shape index (κ1) is 11.5. The van der Waals surface area contributed by atoms with E-state index in [9.17, 15) is 17.8 Å². The number of carbonyl (C=O) groups is 1.